The third kappa shape index (κ3) is 4.33. The summed E-state index contributed by atoms with van der Waals surface area (Å²) in [6.07, 6.45) is 2.74. The van der Waals surface area contributed by atoms with Gasteiger partial charge in [-0.05, 0) is 43.2 Å². The predicted molar refractivity (Wildman–Crippen MR) is 118 cm³/mol. The van der Waals surface area contributed by atoms with Crippen molar-refractivity contribution in [3.05, 3.63) is 59.9 Å². The number of ether oxygens (including phenoxy) is 1. The van der Waals surface area contributed by atoms with Crippen molar-refractivity contribution in [2.45, 2.75) is 33.1 Å². The number of carbonyl (C=O) groups excluding carboxylic acids is 1. The Bertz CT molecular complexity index is 1170. The molecule has 154 valence electrons. The Morgan fingerprint density at radius 3 is 2.80 bits per heavy atom. The summed E-state index contributed by atoms with van der Waals surface area (Å²) in [7, 11) is 0. The van der Waals surface area contributed by atoms with Crippen molar-refractivity contribution >= 4 is 27.9 Å². The van der Waals surface area contributed by atoms with Gasteiger partial charge in [-0.25, -0.2) is 0 Å². The lowest BCUT2D eigenvalue weighted by Gasteiger charge is -2.09. The highest BCUT2D eigenvalue weighted by Crippen LogP contribution is 2.28. The number of aryl methyl sites for hydroxylation is 1. The van der Waals surface area contributed by atoms with Crippen LogP contribution >= 0.6 is 11.3 Å². The standard InChI is InChI=1S/C22H23N5O2S/c1-3-7-19-24-25-22-27(19)26-21(30-22)16-9-5-10-17(13-16)23-20(28)15-8-6-11-18(14-15)29-12-4-2/h5-6,8-11,13-14H,3-4,7,12H2,1-2H3,(H,23,28). The molecule has 4 aromatic rings. The first kappa shape index (κ1) is 20.0. The molecule has 2 aromatic heterocycles. The van der Waals surface area contributed by atoms with E-state index in [4.69, 9.17) is 4.74 Å². The summed E-state index contributed by atoms with van der Waals surface area (Å²) >= 11 is 1.48. The molecule has 0 fully saturated rings. The van der Waals surface area contributed by atoms with E-state index in [9.17, 15) is 4.79 Å². The van der Waals surface area contributed by atoms with Crippen LogP contribution in [0.1, 0.15) is 42.9 Å². The van der Waals surface area contributed by atoms with Crippen molar-refractivity contribution in [3.63, 3.8) is 0 Å². The molecule has 0 radical (unpaired) electrons. The first-order chi connectivity index (χ1) is 14.7. The zero-order valence-electron chi connectivity index (χ0n) is 17.0. The lowest BCUT2D eigenvalue weighted by atomic mass is 10.1. The fourth-order valence-corrected chi connectivity index (χ4v) is 3.89. The van der Waals surface area contributed by atoms with Crippen LogP contribution in [0.5, 0.6) is 5.75 Å². The van der Waals surface area contributed by atoms with Gasteiger partial charge in [0.2, 0.25) is 4.96 Å². The van der Waals surface area contributed by atoms with Gasteiger partial charge in [0.05, 0.1) is 6.61 Å². The summed E-state index contributed by atoms with van der Waals surface area (Å²) in [4.78, 5) is 13.5. The number of anilines is 1. The van der Waals surface area contributed by atoms with Gasteiger partial charge in [0.1, 0.15) is 10.8 Å². The number of rotatable bonds is 8. The number of carbonyl (C=O) groups is 1. The monoisotopic (exact) mass is 421 g/mol. The molecule has 0 saturated heterocycles. The van der Waals surface area contributed by atoms with Crippen LogP contribution in [0.3, 0.4) is 0 Å². The van der Waals surface area contributed by atoms with Crippen LogP contribution in [0.2, 0.25) is 0 Å². The Labute approximate surface area is 178 Å². The highest BCUT2D eigenvalue weighted by atomic mass is 32.1. The minimum absolute atomic E-state index is 0.183. The lowest BCUT2D eigenvalue weighted by molar-refractivity contribution is 0.102. The first-order valence-corrected chi connectivity index (χ1v) is 10.9. The van der Waals surface area contributed by atoms with Gasteiger partial charge in [0.25, 0.3) is 5.91 Å². The zero-order valence-corrected chi connectivity index (χ0v) is 17.8. The molecule has 0 bridgehead atoms. The molecule has 0 aliphatic rings. The van der Waals surface area contributed by atoms with Gasteiger partial charge in [0.15, 0.2) is 5.82 Å². The van der Waals surface area contributed by atoms with Crippen LogP contribution in [-0.2, 0) is 6.42 Å². The third-order valence-electron chi connectivity index (χ3n) is 4.47. The summed E-state index contributed by atoms with van der Waals surface area (Å²) < 4.78 is 7.42. The van der Waals surface area contributed by atoms with E-state index in [0.29, 0.717) is 23.6 Å². The molecule has 0 aliphatic carbocycles. The van der Waals surface area contributed by atoms with Crippen LogP contribution < -0.4 is 10.1 Å². The minimum Gasteiger partial charge on any atom is -0.494 e. The number of hydrogen-bond acceptors (Lipinski definition) is 6. The Hall–Kier alpha value is -3.26. The molecule has 2 heterocycles. The second kappa shape index (κ2) is 9.04. The molecule has 0 unspecified atom stereocenters. The summed E-state index contributed by atoms with van der Waals surface area (Å²) in [6, 6.07) is 14.9. The number of nitrogens with zero attached hydrogens (tertiary/aromatic N) is 4. The van der Waals surface area contributed by atoms with Crippen molar-refractivity contribution in [2.24, 2.45) is 0 Å². The van der Waals surface area contributed by atoms with Crippen molar-refractivity contribution < 1.29 is 9.53 Å². The Morgan fingerprint density at radius 1 is 1.10 bits per heavy atom. The van der Waals surface area contributed by atoms with E-state index in [0.717, 1.165) is 40.6 Å². The molecule has 8 heteroatoms. The molecule has 30 heavy (non-hydrogen) atoms. The zero-order chi connectivity index (χ0) is 20.9. The normalized spacial score (nSPS) is 11.0. The van der Waals surface area contributed by atoms with E-state index in [1.54, 1.807) is 16.6 Å². The first-order valence-electron chi connectivity index (χ1n) is 10.0. The van der Waals surface area contributed by atoms with Crippen molar-refractivity contribution in [3.8, 4) is 16.3 Å². The van der Waals surface area contributed by atoms with Gasteiger partial charge in [-0.15, -0.1) is 10.2 Å². The number of hydrogen-bond donors (Lipinski definition) is 1. The van der Waals surface area contributed by atoms with Crippen LogP contribution in [-0.4, -0.2) is 32.3 Å². The van der Waals surface area contributed by atoms with Crippen molar-refractivity contribution in [1.82, 2.24) is 19.8 Å². The SMILES string of the molecule is CCCOc1cccc(C(=O)Nc2cccc(-c3nn4c(CCC)nnc4s3)c2)c1. The van der Waals surface area contributed by atoms with Crippen LogP contribution in [0, 0.1) is 0 Å². The molecule has 2 aromatic carbocycles. The average Bonchev–Trinajstić information content (AvgIpc) is 3.35. The third-order valence-corrected chi connectivity index (χ3v) is 5.41. The molecular formula is C22H23N5O2S. The highest BCUT2D eigenvalue weighted by molar-refractivity contribution is 7.19. The molecule has 7 nitrogen and oxygen atoms in total. The largest absolute Gasteiger partial charge is 0.494 e. The maximum atomic E-state index is 12.7. The summed E-state index contributed by atoms with van der Waals surface area (Å²) in [5.41, 5.74) is 2.18. The average molecular weight is 422 g/mol. The second-order valence-corrected chi connectivity index (χ2v) is 7.84. The predicted octanol–water partition coefficient (Wildman–Crippen LogP) is 4.85. The fraction of sp³-hybridized carbons (Fsp3) is 0.273. The molecule has 0 aliphatic heterocycles. The number of fused-ring (bicyclic) bond motifs is 1. The summed E-state index contributed by atoms with van der Waals surface area (Å²) in [5.74, 6) is 1.38. The molecule has 4 rings (SSSR count). The van der Waals surface area contributed by atoms with Gasteiger partial charge < -0.3 is 10.1 Å². The fourth-order valence-electron chi connectivity index (χ4n) is 3.03. The van der Waals surface area contributed by atoms with Gasteiger partial charge in [-0.3, -0.25) is 4.79 Å². The van der Waals surface area contributed by atoms with E-state index < -0.39 is 0 Å². The number of benzene rings is 2. The number of nitrogens with one attached hydrogen (secondary N) is 1. The molecular weight excluding hydrogens is 398 g/mol. The van der Waals surface area contributed by atoms with E-state index in [1.165, 1.54) is 11.3 Å². The van der Waals surface area contributed by atoms with E-state index >= 15 is 0 Å². The maximum absolute atomic E-state index is 12.7. The molecule has 0 atom stereocenters. The van der Waals surface area contributed by atoms with Crippen molar-refractivity contribution in [1.29, 1.82) is 0 Å². The van der Waals surface area contributed by atoms with Crippen LogP contribution in [0.15, 0.2) is 48.5 Å². The number of aromatic nitrogens is 4. The van der Waals surface area contributed by atoms with Gasteiger partial charge >= 0.3 is 0 Å². The lowest BCUT2D eigenvalue weighted by Crippen LogP contribution is -2.12. The number of amides is 1. The molecule has 1 N–H and O–H groups in total. The topological polar surface area (TPSA) is 81.4 Å². The van der Waals surface area contributed by atoms with Gasteiger partial charge in [-0.2, -0.15) is 9.61 Å². The molecule has 0 spiro atoms. The van der Waals surface area contributed by atoms with Crippen LogP contribution in [0.25, 0.3) is 15.5 Å². The second-order valence-electron chi connectivity index (χ2n) is 6.88. The minimum atomic E-state index is -0.183. The van der Waals surface area contributed by atoms with Gasteiger partial charge in [0, 0.05) is 23.2 Å². The van der Waals surface area contributed by atoms with Crippen LogP contribution in [0.4, 0.5) is 5.69 Å². The smallest absolute Gasteiger partial charge is 0.255 e. The van der Waals surface area contributed by atoms with E-state index in [1.807, 2.05) is 43.3 Å². The Morgan fingerprint density at radius 2 is 1.97 bits per heavy atom. The Balaban J connectivity index is 1.53. The summed E-state index contributed by atoms with van der Waals surface area (Å²) in [5, 5.41) is 16.9. The molecule has 0 saturated carbocycles. The maximum Gasteiger partial charge on any atom is 0.255 e. The van der Waals surface area contributed by atoms with Gasteiger partial charge in [-0.1, -0.05) is 43.4 Å². The summed E-state index contributed by atoms with van der Waals surface area (Å²) in [6.45, 7) is 4.77. The highest BCUT2D eigenvalue weighted by Gasteiger charge is 2.13. The Kier molecular flexibility index (Phi) is 6.04. The van der Waals surface area contributed by atoms with E-state index in [-0.39, 0.29) is 5.91 Å². The van der Waals surface area contributed by atoms with Crippen molar-refractivity contribution in [2.75, 3.05) is 11.9 Å². The molecule has 1 amide bonds. The quantitative estimate of drug-likeness (QED) is 0.440. The van der Waals surface area contributed by atoms with E-state index in [2.05, 4.69) is 27.5 Å².